The van der Waals surface area contributed by atoms with Gasteiger partial charge in [0.25, 0.3) is 5.69 Å². The fraction of sp³-hybridized carbons (Fsp3) is 0.455. The van der Waals surface area contributed by atoms with Crippen molar-refractivity contribution in [2.75, 3.05) is 20.1 Å². The van der Waals surface area contributed by atoms with Crippen molar-refractivity contribution in [1.29, 1.82) is 0 Å². The molecule has 1 aromatic carbocycles. The number of nitrogens with one attached hydrogen (secondary N) is 2. The first-order chi connectivity index (χ1) is 8.81. The van der Waals surface area contributed by atoms with E-state index in [1.54, 1.807) is 26.1 Å². The molecule has 2 N–H and O–H groups in total. The number of nitrogens with zero attached hydrogens (tertiary/aromatic N) is 1. The third-order valence-corrected chi connectivity index (χ3v) is 4.29. The van der Waals surface area contributed by atoms with Gasteiger partial charge in [0, 0.05) is 18.7 Å². The van der Waals surface area contributed by atoms with Gasteiger partial charge in [-0.25, -0.2) is 13.1 Å². The Bertz CT molecular complexity index is 584. The number of rotatable bonds is 6. The molecule has 106 valence electrons. The normalized spacial score (nSPS) is 11.5. The van der Waals surface area contributed by atoms with Gasteiger partial charge in [-0.2, -0.15) is 0 Å². The van der Waals surface area contributed by atoms with E-state index in [1.165, 1.54) is 6.92 Å². The van der Waals surface area contributed by atoms with Crippen molar-refractivity contribution in [2.45, 2.75) is 18.7 Å². The Morgan fingerprint density at radius 3 is 2.32 bits per heavy atom. The third kappa shape index (κ3) is 3.49. The van der Waals surface area contributed by atoms with Gasteiger partial charge in [0.15, 0.2) is 4.90 Å². The number of likely N-dealkylation sites (N-methyl/N-ethyl adjacent to an activating group) is 1. The lowest BCUT2D eigenvalue weighted by Gasteiger charge is -2.11. The maximum absolute atomic E-state index is 12.2. The topological polar surface area (TPSA) is 101 Å². The molecular weight excluding hydrogens is 270 g/mol. The molecule has 0 aromatic heterocycles. The highest BCUT2D eigenvalue weighted by molar-refractivity contribution is 7.89. The summed E-state index contributed by atoms with van der Waals surface area (Å²) in [5.41, 5.74) is 0.316. The minimum absolute atomic E-state index is 0.170. The van der Waals surface area contributed by atoms with E-state index in [1.807, 2.05) is 0 Å². The predicted octanol–water partition coefficient (Wildman–Crippen LogP) is 0.709. The van der Waals surface area contributed by atoms with Crippen LogP contribution in [0.2, 0.25) is 0 Å². The number of hydrogen-bond acceptors (Lipinski definition) is 5. The van der Waals surface area contributed by atoms with E-state index in [9.17, 15) is 18.5 Å². The highest BCUT2D eigenvalue weighted by Gasteiger charge is 2.29. The lowest BCUT2D eigenvalue weighted by Crippen LogP contribution is -2.31. The number of nitro groups is 1. The van der Waals surface area contributed by atoms with E-state index in [4.69, 9.17) is 0 Å². The maximum atomic E-state index is 12.2. The zero-order valence-corrected chi connectivity index (χ0v) is 11.9. The van der Waals surface area contributed by atoms with Gasteiger partial charge in [-0.1, -0.05) is 12.1 Å². The summed E-state index contributed by atoms with van der Waals surface area (Å²) in [5.74, 6) is 0. The third-order valence-electron chi connectivity index (χ3n) is 2.65. The Kier molecular flexibility index (Phi) is 4.98. The second-order valence-electron chi connectivity index (χ2n) is 4.14. The predicted molar refractivity (Wildman–Crippen MR) is 71.7 cm³/mol. The average Bonchev–Trinajstić information content (AvgIpc) is 2.31. The number of hydrogen-bond donors (Lipinski definition) is 2. The summed E-state index contributed by atoms with van der Waals surface area (Å²) in [7, 11) is -2.20. The maximum Gasteiger partial charge on any atom is 0.292 e. The summed E-state index contributed by atoms with van der Waals surface area (Å²) in [4.78, 5) is 10.2. The van der Waals surface area contributed by atoms with Gasteiger partial charge in [-0.15, -0.1) is 0 Å². The molecule has 1 aromatic rings. The smallest absolute Gasteiger partial charge is 0.292 e. The fourth-order valence-corrected chi connectivity index (χ4v) is 3.22. The van der Waals surface area contributed by atoms with Crippen molar-refractivity contribution in [2.24, 2.45) is 0 Å². The monoisotopic (exact) mass is 287 g/mol. The molecule has 8 heteroatoms. The molecule has 0 saturated carbocycles. The van der Waals surface area contributed by atoms with Gasteiger partial charge >= 0.3 is 0 Å². The molecular formula is C11H17N3O4S. The van der Waals surface area contributed by atoms with Crippen LogP contribution in [0.5, 0.6) is 0 Å². The van der Waals surface area contributed by atoms with Gasteiger partial charge in [-0.3, -0.25) is 10.1 Å². The number of sulfonamides is 1. The molecule has 0 atom stereocenters. The molecule has 0 amide bonds. The van der Waals surface area contributed by atoms with E-state index < -0.39 is 14.9 Å². The van der Waals surface area contributed by atoms with E-state index in [2.05, 4.69) is 10.0 Å². The molecule has 0 unspecified atom stereocenters. The summed E-state index contributed by atoms with van der Waals surface area (Å²) in [6.45, 7) is 3.67. The first-order valence-electron chi connectivity index (χ1n) is 5.70. The van der Waals surface area contributed by atoms with Gasteiger partial charge in [-0.05, 0) is 26.5 Å². The van der Waals surface area contributed by atoms with Gasteiger partial charge in [0.05, 0.1) is 4.92 Å². The van der Waals surface area contributed by atoms with E-state index in [-0.39, 0.29) is 17.1 Å². The molecule has 0 aliphatic carbocycles. The molecule has 0 saturated heterocycles. The molecule has 0 aliphatic heterocycles. The summed E-state index contributed by atoms with van der Waals surface area (Å²) >= 11 is 0. The summed E-state index contributed by atoms with van der Waals surface area (Å²) in [5, 5.41) is 13.9. The Morgan fingerprint density at radius 1 is 1.21 bits per heavy atom. The fourth-order valence-electron chi connectivity index (χ4n) is 1.72. The minimum Gasteiger partial charge on any atom is -0.318 e. The summed E-state index contributed by atoms with van der Waals surface area (Å²) in [6.07, 6.45) is 0. The minimum atomic E-state index is -3.89. The van der Waals surface area contributed by atoms with Crippen molar-refractivity contribution >= 4 is 15.7 Å². The molecule has 7 nitrogen and oxygen atoms in total. The van der Waals surface area contributed by atoms with E-state index in [0.717, 1.165) is 0 Å². The van der Waals surface area contributed by atoms with Crippen LogP contribution >= 0.6 is 0 Å². The first kappa shape index (κ1) is 15.5. The Morgan fingerprint density at radius 2 is 1.79 bits per heavy atom. The van der Waals surface area contributed by atoms with E-state index >= 15 is 0 Å². The van der Waals surface area contributed by atoms with Crippen LogP contribution in [0.3, 0.4) is 0 Å². The SMILES string of the molecule is CNCCNS(=O)(=O)c1c(C)ccc(C)c1[N+](=O)[O-]. The number of aryl methyl sites for hydroxylation is 2. The summed E-state index contributed by atoms with van der Waals surface area (Å²) in [6, 6.07) is 3.11. The van der Waals surface area contributed by atoms with Crippen LogP contribution in [0.4, 0.5) is 5.69 Å². The number of benzene rings is 1. The van der Waals surface area contributed by atoms with Crippen LogP contribution in [0.15, 0.2) is 17.0 Å². The lowest BCUT2D eigenvalue weighted by molar-refractivity contribution is -0.388. The largest absolute Gasteiger partial charge is 0.318 e. The molecule has 0 bridgehead atoms. The Labute approximate surface area is 112 Å². The Hall–Kier alpha value is -1.51. The molecule has 19 heavy (non-hydrogen) atoms. The van der Waals surface area contributed by atoms with Crippen molar-refractivity contribution in [1.82, 2.24) is 10.0 Å². The molecule has 1 rings (SSSR count). The molecule has 0 heterocycles. The van der Waals surface area contributed by atoms with Crippen LogP contribution < -0.4 is 10.0 Å². The lowest BCUT2D eigenvalue weighted by atomic mass is 10.1. The van der Waals surface area contributed by atoms with Crippen LogP contribution in [-0.4, -0.2) is 33.5 Å². The van der Waals surface area contributed by atoms with Crippen molar-refractivity contribution in [3.8, 4) is 0 Å². The second-order valence-corrected chi connectivity index (χ2v) is 5.84. The van der Waals surface area contributed by atoms with Crippen LogP contribution in [-0.2, 0) is 10.0 Å². The van der Waals surface area contributed by atoms with Crippen LogP contribution in [0.1, 0.15) is 11.1 Å². The van der Waals surface area contributed by atoms with Gasteiger partial charge in [0.2, 0.25) is 10.0 Å². The Balaban J connectivity index is 3.33. The van der Waals surface area contributed by atoms with Crippen molar-refractivity contribution < 1.29 is 13.3 Å². The second kappa shape index (κ2) is 6.09. The van der Waals surface area contributed by atoms with E-state index in [0.29, 0.717) is 17.7 Å². The van der Waals surface area contributed by atoms with Gasteiger partial charge < -0.3 is 5.32 Å². The molecule has 0 spiro atoms. The molecule has 0 fully saturated rings. The molecule has 0 aliphatic rings. The molecule has 0 radical (unpaired) electrons. The van der Waals surface area contributed by atoms with Crippen LogP contribution in [0, 0.1) is 24.0 Å². The standard InChI is InChI=1S/C11H17N3O4S/c1-8-4-5-9(2)11(10(8)14(15)16)19(17,18)13-7-6-12-3/h4-5,12-13H,6-7H2,1-3H3. The highest BCUT2D eigenvalue weighted by atomic mass is 32.2. The van der Waals surface area contributed by atoms with Crippen molar-refractivity contribution in [3.05, 3.63) is 33.4 Å². The zero-order valence-electron chi connectivity index (χ0n) is 11.1. The highest BCUT2D eigenvalue weighted by Crippen LogP contribution is 2.30. The van der Waals surface area contributed by atoms with Crippen molar-refractivity contribution in [3.63, 3.8) is 0 Å². The zero-order chi connectivity index (χ0) is 14.6. The average molecular weight is 287 g/mol. The van der Waals surface area contributed by atoms with Gasteiger partial charge in [0.1, 0.15) is 0 Å². The first-order valence-corrected chi connectivity index (χ1v) is 7.18. The van der Waals surface area contributed by atoms with Crippen LogP contribution in [0.25, 0.3) is 0 Å². The summed E-state index contributed by atoms with van der Waals surface area (Å²) < 4.78 is 26.7. The quantitative estimate of drug-likeness (QED) is 0.456. The number of nitro benzene ring substituents is 1.